The number of fused-ring (bicyclic) bond motifs is 1. The number of aliphatic hydroxyl groups is 1. The largest absolute Gasteiger partial charge is 0.462 e. The molecule has 0 radical (unpaired) electrons. The molecule has 3 N–H and O–H groups in total. The van der Waals surface area contributed by atoms with Crippen molar-refractivity contribution in [2.75, 3.05) is 38.0 Å². The second kappa shape index (κ2) is 12.5. The van der Waals surface area contributed by atoms with E-state index in [-0.39, 0.29) is 17.3 Å². The molecule has 1 aromatic carbocycles. The molecule has 4 rings (SSSR count). The first kappa shape index (κ1) is 31.6. The molecule has 1 fully saturated rings. The van der Waals surface area contributed by atoms with Crippen LogP contribution in [0.5, 0.6) is 5.75 Å². The van der Waals surface area contributed by atoms with Crippen molar-refractivity contribution in [3.63, 3.8) is 0 Å². The number of carbonyl (C=O) groups is 1. The summed E-state index contributed by atoms with van der Waals surface area (Å²) >= 11 is 0. The van der Waals surface area contributed by atoms with E-state index in [4.69, 9.17) is 18.5 Å². The molecule has 0 bridgehead atoms. The number of alkyl halides is 1. The maximum atomic E-state index is 16.1. The van der Waals surface area contributed by atoms with Gasteiger partial charge in [-0.3, -0.25) is 13.9 Å². The number of nitrogens with one attached hydrogen (secondary N) is 2. The van der Waals surface area contributed by atoms with E-state index < -0.39 is 56.6 Å². The van der Waals surface area contributed by atoms with E-state index in [1.807, 2.05) is 0 Å². The summed E-state index contributed by atoms with van der Waals surface area (Å²) in [5.74, 6) is 0.297. The van der Waals surface area contributed by atoms with Crippen LogP contribution < -0.4 is 19.8 Å². The summed E-state index contributed by atoms with van der Waals surface area (Å²) in [7, 11) is 0.944. The van der Waals surface area contributed by atoms with E-state index in [9.17, 15) is 14.5 Å². The molecule has 230 valence electrons. The van der Waals surface area contributed by atoms with E-state index >= 15 is 4.39 Å². The minimum Gasteiger partial charge on any atom is -0.462 e. The molecule has 42 heavy (non-hydrogen) atoms. The normalized spacial score (nSPS) is 24.4. The predicted octanol–water partition coefficient (Wildman–Crippen LogP) is 3.05. The Morgan fingerprint density at radius 1 is 1.26 bits per heavy atom. The highest BCUT2D eigenvalue weighted by molar-refractivity contribution is 7.52. The molecule has 14 nitrogen and oxygen atoms in total. The Morgan fingerprint density at radius 2 is 1.95 bits per heavy atom. The lowest BCUT2D eigenvalue weighted by molar-refractivity contribution is -0.149. The van der Waals surface area contributed by atoms with Crippen molar-refractivity contribution in [2.24, 2.45) is 0 Å². The molecular formula is C26H37FN7O7P. The number of aliphatic hydroxyl groups excluding tert-OH is 1. The summed E-state index contributed by atoms with van der Waals surface area (Å²) in [5, 5.41) is 16.4. The SMILES string of the molecule is CNc1nc(N(C)C)c2ncn([C@@H]3OC(CO[P@@](=O)(N[C@@H](C)C(=O)OC(C)C)Oc4ccccc4)[C@@H](O)[C@@]3(C)F)c2n1. The van der Waals surface area contributed by atoms with Crippen LogP contribution in [-0.4, -0.2) is 88.4 Å². The Hall–Kier alpha value is -3.36. The van der Waals surface area contributed by atoms with Crippen molar-refractivity contribution in [1.82, 2.24) is 24.6 Å². The average molecular weight is 610 g/mol. The van der Waals surface area contributed by atoms with Gasteiger partial charge in [0.25, 0.3) is 0 Å². The van der Waals surface area contributed by atoms with Crippen molar-refractivity contribution in [1.29, 1.82) is 0 Å². The van der Waals surface area contributed by atoms with Crippen molar-refractivity contribution in [2.45, 2.75) is 63.9 Å². The predicted molar refractivity (Wildman–Crippen MR) is 153 cm³/mol. The zero-order valence-corrected chi connectivity index (χ0v) is 25.4. The molecule has 2 aromatic heterocycles. The summed E-state index contributed by atoms with van der Waals surface area (Å²) in [6.07, 6.45) is -3.40. The summed E-state index contributed by atoms with van der Waals surface area (Å²) in [4.78, 5) is 27.4. The Labute approximate surface area is 243 Å². The van der Waals surface area contributed by atoms with E-state index in [0.717, 1.165) is 0 Å². The first-order valence-corrected chi connectivity index (χ1v) is 14.9. The highest BCUT2D eigenvalue weighted by Crippen LogP contribution is 2.48. The first-order chi connectivity index (χ1) is 19.8. The van der Waals surface area contributed by atoms with Gasteiger partial charge in [-0.25, -0.2) is 13.9 Å². The molecule has 6 atom stereocenters. The standard InChI is InChI=1S/C26H37FN7O7P/c1-15(2)39-23(36)16(3)32-42(37,41-17-11-9-8-10-12-17)38-13-18-20(35)26(4,27)24(40-18)34-14-29-19-21(33(6)7)30-25(28-5)31-22(19)34/h8-12,14-16,18,20,24,35H,13H2,1-7H3,(H,32,37)(H,28,30,31)/t16-,18?,20+,24+,26+,42-/m0/s1. The number of carbonyl (C=O) groups excluding carboxylic acids is 1. The molecular weight excluding hydrogens is 572 g/mol. The lowest BCUT2D eigenvalue weighted by atomic mass is 9.98. The van der Waals surface area contributed by atoms with Crippen LogP contribution in [0.25, 0.3) is 11.2 Å². The van der Waals surface area contributed by atoms with Crippen LogP contribution in [0.2, 0.25) is 0 Å². The summed E-state index contributed by atoms with van der Waals surface area (Å²) in [6.45, 7) is 5.44. The van der Waals surface area contributed by atoms with Gasteiger partial charge >= 0.3 is 13.7 Å². The average Bonchev–Trinajstić information content (AvgIpc) is 3.44. The number of imidazole rings is 1. The van der Waals surface area contributed by atoms with Crippen molar-refractivity contribution >= 4 is 36.6 Å². The van der Waals surface area contributed by atoms with Gasteiger partial charge in [-0.15, -0.1) is 0 Å². The van der Waals surface area contributed by atoms with Gasteiger partial charge in [0.05, 0.1) is 19.0 Å². The second-order valence-corrected chi connectivity index (χ2v) is 12.2. The maximum absolute atomic E-state index is 16.1. The number of hydrogen-bond donors (Lipinski definition) is 3. The molecule has 16 heteroatoms. The quantitative estimate of drug-likeness (QED) is 0.203. The smallest absolute Gasteiger partial charge is 0.459 e. The van der Waals surface area contributed by atoms with Crippen LogP contribution in [0, 0.1) is 0 Å². The van der Waals surface area contributed by atoms with Crippen LogP contribution in [-0.2, 0) is 23.4 Å². The van der Waals surface area contributed by atoms with Gasteiger partial charge in [-0.05, 0) is 39.8 Å². The Kier molecular flexibility index (Phi) is 9.38. The van der Waals surface area contributed by atoms with E-state index in [1.165, 1.54) is 24.7 Å². The topological polar surface area (TPSA) is 162 Å². The highest BCUT2D eigenvalue weighted by atomic mass is 31.2. The van der Waals surface area contributed by atoms with Gasteiger partial charge < -0.3 is 29.3 Å². The fraction of sp³-hybridized carbons (Fsp3) is 0.538. The van der Waals surface area contributed by atoms with Crippen LogP contribution in [0.1, 0.15) is 33.9 Å². The molecule has 0 saturated carbocycles. The fourth-order valence-electron chi connectivity index (χ4n) is 4.35. The third-order valence-electron chi connectivity index (χ3n) is 6.45. The van der Waals surface area contributed by atoms with Crippen molar-refractivity contribution in [3.8, 4) is 5.75 Å². The van der Waals surface area contributed by atoms with Crippen LogP contribution in [0.4, 0.5) is 16.2 Å². The van der Waals surface area contributed by atoms with E-state index in [1.54, 1.807) is 70.2 Å². The molecule has 1 aliphatic heterocycles. The number of anilines is 2. The number of benzene rings is 1. The summed E-state index contributed by atoms with van der Waals surface area (Å²) in [6, 6.07) is 7.10. The molecule has 1 saturated heterocycles. The van der Waals surface area contributed by atoms with Gasteiger partial charge in [0.15, 0.2) is 28.9 Å². The lowest BCUT2D eigenvalue weighted by Gasteiger charge is -2.25. The third-order valence-corrected chi connectivity index (χ3v) is 8.10. The summed E-state index contributed by atoms with van der Waals surface area (Å²) < 4.78 is 53.7. The molecule has 0 spiro atoms. The molecule has 1 unspecified atom stereocenters. The number of para-hydroxylation sites is 1. The number of halogens is 1. The monoisotopic (exact) mass is 609 g/mol. The zero-order chi connectivity index (χ0) is 30.8. The molecule has 3 aromatic rings. The summed E-state index contributed by atoms with van der Waals surface area (Å²) in [5.41, 5.74) is -1.66. The van der Waals surface area contributed by atoms with Crippen molar-refractivity contribution in [3.05, 3.63) is 36.7 Å². The maximum Gasteiger partial charge on any atom is 0.459 e. The minimum atomic E-state index is -4.28. The number of esters is 1. The van der Waals surface area contributed by atoms with Crippen LogP contribution in [0.15, 0.2) is 36.7 Å². The number of hydrogen-bond acceptors (Lipinski definition) is 12. The number of aromatic nitrogens is 4. The first-order valence-electron chi connectivity index (χ1n) is 13.3. The molecule has 1 aliphatic rings. The van der Waals surface area contributed by atoms with Crippen LogP contribution in [0.3, 0.4) is 0 Å². The molecule has 0 aliphatic carbocycles. The highest BCUT2D eigenvalue weighted by Gasteiger charge is 2.56. The van der Waals surface area contributed by atoms with Gasteiger partial charge in [0.2, 0.25) is 5.95 Å². The zero-order valence-electron chi connectivity index (χ0n) is 24.5. The van der Waals surface area contributed by atoms with E-state index in [0.29, 0.717) is 11.3 Å². The molecule has 3 heterocycles. The Bertz CT molecular complexity index is 1440. The minimum absolute atomic E-state index is 0.195. The third kappa shape index (κ3) is 6.65. The number of rotatable bonds is 12. The van der Waals surface area contributed by atoms with Gasteiger partial charge in [-0.1, -0.05) is 18.2 Å². The van der Waals surface area contributed by atoms with Gasteiger partial charge in [0, 0.05) is 21.1 Å². The number of ether oxygens (including phenoxy) is 2. The number of nitrogens with zero attached hydrogens (tertiary/aromatic N) is 5. The van der Waals surface area contributed by atoms with Gasteiger partial charge in [0.1, 0.15) is 24.0 Å². The van der Waals surface area contributed by atoms with Crippen molar-refractivity contribution < 1.29 is 37.4 Å². The Morgan fingerprint density at radius 3 is 2.57 bits per heavy atom. The Balaban J connectivity index is 1.59. The lowest BCUT2D eigenvalue weighted by Crippen LogP contribution is -2.41. The van der Waals surface area contributed by atoms with E-state index in [2.05, 4.69) is 25.4 Å². The molecule has 0 amide bonds. The van der Waals surface area contributed by atoms with Crippen LogP contribution >= 0.6 is 7.75 Å². The fourth-order valence-corrected chi connectivity index (χ4v) is 5.86. The second-order valence-electron chi connectivity index (χ2n) is 10.5. The van der Waals surface area contributed by atoms with Gasteiger partial charge in [-0.2, -0.15) is 15.1 Å².